The molecule has 4 aromatic rings. The molecule has 1 heterocycles. The van der Waals surface area contributed by atoms with Crippen molar-refractivity contribution >= 4 is 42.6 Å². The van der Waals surface area contributed by atoms with E-state index in [1.54, 1.807) is 17.0 Å². The summed E-state index contributed by atoms with van der Waals surface area (Å²) in [5, 5.41) is 0.404. The van der Waals surface area contributed by atoms with Gasteiger partial charge in [-0.3, -0.25) is 9.69 Å². The number of nitrogens with zero attached hydrogens (tertiary/aromatic N) is 4. The van der Waals surface area contributed by atoms with E-state index < -0.39 is 15.8 Å². The summed E-state index contributed by atoms with van der Waals surface area (Å²) in [4.78, 5) is 21.9. The minimum absolute atomic E-state index is 0.101. The summed E-state index contributed by atoms with van der Waals surface area (Å²) in [5.74, 6) is -0.756. The van der Waals surface area contributed by atoms with Crippen molar-refractivity contribution in [3.8, 4) is 0 Å². The normalized spacial score (nSPS) is 11.9. The largest absolute Gasteiger partial charge is 0.302 e. The highest BCUT2D eigenvalue weighted by molar-refractivity contribution is 7.89. The number of rotatable bonds is 11. The standard InChI is InChI=1S/C28H31FN4O3S2/c1-4-32(5-2)18-19-33(28-30-26-24(29)12-9-13-25(26)37-28)27(34)22-14-16-23(17-15-22)38(35,36)31(3)20-21-10-7-6-8-11-21/h6-17H,4-5,18-20H2,1-3H3. The maximum absolute atomic E-state index is 14.3. The summed E-state index contributed by atoms with van der Waals surface area (Å²) in [6.07, 6.45) is 0. The number of benzene rings is 3. The molecule has 0 saturated carbocycles. The van der Waals surface area contributed by atoms with E-state index in [1.165, 1.54) is 53.0 Å². The van der Waals surface area contributed by atoms with Gasteiger partial charge >= 0.3 is 0 Å². The lowest BCUT2D eigenvalue weighted by Gasteiger charge is -2.25. The van der Waals surface area contributed by atoms with Crippen molar-refractivity contribution < 1.29 is 17.6 Å². The molecule has 0 atom stereocenters. The van der Waals surface area contributed by atoms with Crippen LogP contribution in [0.15, 0.2) is 77.7 Å². The molecule has 200 valence electrons. The van der Waals surface area contributed by atoms with Gasteiger partial charge in [0.05, 0.1) is 9.60 Å². The maximum atomic E-state index is 14.3. The van der Waals surface area contributed by atoms with Crippen molar-refractivity contribution in [1.29, 1.82) is 0 Å². The van der Waals surface area contributed by atoms with Crippen LogP contribution < -0.4 is 4.90 Å². The number of amides is 1. The highest BCUT2D eigenvalue weighted by Crippen LogP contribution is 2.31. The number of para-hydroxylation sites is 1. The van der Waals surface area contributed by atoms with E-state index in [9.17, 15) is 17.6 Å². The Morgan fingerprint density at radius 1 is 0.921 bits per heavy atom. The number of hydrogen-bond donors (Lipinski definition) is 0. The van der Waals surface area contributed by atoms with Crippen molar-refractivity contribution in [2.24, 2.45) is 0 Å². The highest BCUT2D eigenvalue weighted by atomic mass is 32.2. The van der Waals surface area contributed by atoms with Crippen molar-refractivity contribution in [2.45, 2.75) is 25.3 Å². The zero-order chi connectivity index (χ0) is 27.3. The van der Waals surface area contributed by atoms with E-state index in [1.807, 2.05) is 30.3 Å². The lowest BCUT2D eigenvalue weighted by Crippen LogP contribution is -2.38. The second-order valence-corrected chi connectivity index (χ2v) is 11.9. The van der Waals surface area contributed by atoms with Gasteiger partial charge in [-0.15, -0.1) is 0 Å². The van der Waals surface area contributed by atoms with Crippen LogP contribution in [0.5, 0.6) is 0 Å². The van der Waals surface area contributed by atoms with Crippen LogP contribution in [-0.2, 0) is 16.6 Å². The zero-order valence-electron chi connectivity index (χ0n) is 21.7. The van der Waals surface area contributed by atoms with Gasteiger partial charge in [0, 0.05) is 32.2 Å². The summed E-state index contributed by atoms with van der Waals surface area (Å²) in [6.45, 7) is 6.98. The number of anilines is 1. The Balaban J connectivity index is 1.59. The van der Waals surface area contributed by atoms with E-state index in [-0.39, 0.29) is 22.9 Å². The van der Waals surface area contributed by atoms with Gasteiger partial charge in [0.1, 0.15) is 11.3 Å². The Bertz CT molecular complexity index is 1490. The average Bonchev–Trinajstić information content (AvgIpc) is 3.37. The Labute approximate surface area is 227 Å². The molecule has 0 spiro atoms. The monoisotopic (exact) mass is 554 g/mol. The van der Waals surface area contributed by atoms with E-state index in [0.29, 0.717) is 28.5 Å². The summed E-state index contributed by atoms with van der Waals surface area (Å²) < 4.78 is 42.5. The topological polar surface area (TPSA) is 73.8 Å². The van der Waals surface area contributed by atoms with Crippen LogP contribution in [-0.4, -0.2) is 61.7 Å². The molecule has 0 aliphatic carbocycles. The SMILES string of the molecule is CCN(CC)CCN(C(=O)c1ccc(S(=O)(=O)N(C)Cc2ccccc2)cc1)c1nc2c(F)cccc2s1. The third-order valence-corrected chi connectivity index (χ3v) is 9.29. The molecule has 0 N–H and O–H groups in total. The molecule has 0 radical (unpaired) electrons. The lowest BCUT2D eigenvalue weighted by molar-refractivity contribution is 0.0983. The molecule has 38 heavy (non-hydrogen) atoms. The molecule has 4 rings (SSSR count). The van der Waals surface area contributed by atoms with E-state index >= 15 is 0 Å². The number of thiazole rings is 1. The first-order valence-corrected chi connectivity index (χ1v) is 14.7. The summed E-state index contributed by atoms with van der Waals surface area (Å²) in [5.41, 5.74) is 1.44. The molecule has 0 aliphatic rings. The molecular weight excluding hydrogens is 523 g/mol. The Morgan fingerprint density at radius 3 is 2.24 bits per heavy atom. The molecule has 10 heteroatoms. The van der Waals surface area contributed by atoms with Crippen LogP contribution in [0.3, 0.4) is 0 Å². The van der Waals surface area contributed by atoms with Crippen LogP contribution in [0.4, 0.5) is 9.52 Å². The zero-order valence-corrected chi connectivity index (χ0v) is 23.3. The van der Waals surface area contributed by atoms with Gasteiger partial charge in [0.2, 0.25) is 10.0 Å². The fraction of sp³-hybridized carbons (Fsp3) is 0.286. The maximum Gasteiger partial charge on any atom is 0.260 e. The van der Waals surface area contributed by atoms with Crippen molar-refractivity contribution in [3.63, 3.8) is 0 Å². The molecule has 1 amide bonds. The number of sulfonamides is 1. The smallest absolute Gasteiger partial charge is 0.260 e. The van der Waals surface area contributed by atoms with Crippen LogP contribution in [0, 0.1) is 5.82 Å². The number of carbonyl (C=O) groups excluding carboxylic acids is 1. The van der Waals surface area contributed by atoms with Crippen LogP contribution in [0.25, 0.3) is 10.2 Å². The highest BCUT2D eigenvalue weighted by Gasteiger charge is 2.25. The quantitative estimate of drug-likeness (QED) is 0.253. The molecule has 0 unspecified atom stereocenters. The second-order valence-electron chi connectivity index (χ2n) is 8.84. The van der Waals surface area contributed by atoms with Crippen LogP contribution in [0.1, 0.15) is 29.8 Å². The molecule has 0 fully saturated rings. The van der Waals surface area contributed by atoms with Crippen molar-refractivity contribution in [2.75, 3.05) is 38.1 Å². The first kappa shape index (κ1) is 27.8. The third kappa shape index (κ3) is 6.10. The minimum atomic E-state index is -3.75. The molecule has 0 bridgehead atoms. The summed E-state index contributed by atoms with van der Waals surface area (Å²) >= 11 is 1.25. The molecule has 1 aromatic heterocycles. The van der Waals surface area contributed by atoms with Gasteiger partial charge in [0.25, 0.3) is 5.91 Å². The number of likely N-dealkylation sites (N-methyl/N-ethyl adjacent to an activating group) is 1. The molecule has 0 saturated heterocycles. The molecular formula is C28H31FN4O3S2. The third-order valence-electron chi connectivity index (χ3n) is 6.43. The van der Waals surface area contributed by atoms with Crippen LogP contribution >= 0.6 is 11.3 Å². The van der Waals surface area contributed by atoms with E-state index in [2.05, 4.69) is 23.7 Å². The predicted octanol–water partition coefficient (Wildman–Crippen LogP) is 5.24. The van der Waals surface area contributed by atoms with Gasteiger partial charge in [-0.2, -0.15) is 4.31 Å². The summed E-state index contributed by atoms with van der Waals surface area (Å²) in [6, 6.07) is 20.0. The van der Waals surface area contributed by atoms with Gasteiger partial charge in [-0.05, 0) is 55.1 Å². The van der Waals surface area contributed by atoms with Crippen molar-refractivity contribution in [1.82, 2.24) is 14.2 Å². The van der Waals surface area contributed by atoms with Gasteiger partial charge in [-0.1, -0.05) is 61.6 Å². The molecule has 3 aromatic carbocycles. The Hall–Kier alpha value is -3.18. The average molecular weight is 555 g/mol. The van der Waals surface area contributed by atoms with E-state index in [0.717, 1.165) is 18.7 Å². The fourth-order valence-corrected chi connectivity index (χ4v) is 6.28. The van der Waals surface area contributed by atoms with Crippen molar-refractivity contribution in [3.05, 3.63) is 89.7 Å². The van der Waals surface area contributed by atoms with Gasteiger partial charge in [-0.25, -0.2) is 17.8 Å². The lowest BCUT2D eigenvalue weighted by atomic mass is 10.2. The Kier molecular flexibility index (Phi) is 8.88. The predicted molar refractivity (Wildman–Crippen MR) is 151 cm³/mol. The van der Waals surface area contributed by atoms with Crippen LogP contribution in [0.2, 0.25) is 0 Å². The number of halogens is 1. The molecule has 0 aliphatic heterocycles. The number of carbonyl (C=O) groups is 1. The number of hydrogen-bond acceptors (Lipinski definition) is 6. The fourth-order valence-electron chi connectivity index (χ4n) is 4.11. The van der Waals surface area contributed by atoms with E-state index in [4.69, 9.17) is 0 Å². The second kappa shape index (κ2) is 12.1. The number of fused-ring (bicyclic) bond motifs is 1. The summed E-state index contributed by atoms with van der Waals surface area (Å²) in [7, 11) is -2.22. The molecule has 7 nitrogen and oxygen atoms in total. The van der Waals surface area contributed by atoms with Gasteiger partial charge in [0.15, 0.2) is 5.13 Å². The first-order chi connectivity index (χ1) is 18.2. The first-order valence-electron chi connectivity index (χ1n) is 12.4. The Morgan fingerprint density at radius 2 is 1.61 bits per heavy atom. The van der Waals surface area contributed by atoms with Gasteiger partial charge < -0.3 is 4.90 Å². The minimum Gasteiger partial charge on any atom is -0.302 e. The number of aromatic nitrogens is 1.